The van der Waals surface area contributed by atoms with Crippen LogP contribution in [-0.2, 0) is 11.2 Å². The number of amides is 1. The van der Waals surface area contributed by atoms with Gasteiger partial charge in [-0.3, -0.25) is 10.1 Å². The number of nitrogens with zero attached hydrogens (tertiary/aromatic N) is 2. The first-order valence-corrected chi connectivity index (χ1v) is 7.41. The molecule has 0 aliphatic heterocycles. The van der Waals surface area contributed by atoms with Crippen LogP contribution in [0.25, 0.3) is 0 Å². The number of hydrogen-bond donors (Lipinski definition) is 2. The number of anilines is 1. The summed E-state index contributed by atoms with van der Waals surface area (Å²) in [6.07, 6.45) is 0.344. The van der Waals surface area contributed by atoms with Crippen LogP contribution in [0.5, 0.6) is 0 Å². The standard InChI is InChI=1S/C14H17FN4OS/c1-8(2)12(16)13(20)17-14-19-18-11(21-14)7-9-5-3-4-6-10(9)15/h3-6,8,12H,7,16H2,1-2H3,(H,17,19,20)/t12-/m0/s1. The summed E-state index contributed by atoms with van der Waals surface area (Å²) >= 11 is 1.22. The highest BCUT2D eigenvalue weighted by atomic mass is 32.1. The molecule has 1 aromatic carbocycles. The molecular weight excluding hydrogens is 291 g/mol. The molecule has 0 aliphatic carbocycles. The maximum absolute atomic E-state index is 13.6. The van der Waals surface area contributed by atoms with Crippen LogP contribution in [0, 0.1) is 11.7 Å². The molecule has 0 spiro atoms. The average Bonchev–Trinajstić information content (AvgIpc) is 2.87. The van der Waals surface area contributed by atoms with E-state index in [-0.39, 0.29) is 17.6 Å². The van der Waals surface area contributed by atoms with Crippen LogP contribution in [0.2, 0.25) is 0 Å². The lowest BCUT2D eigenvalue weighted by Crippen LogP contribution is -2.39. The molecule has 7 heteroatoms. The topological polar surface area (TPSA) is 80.9 Å². The highest BCUT2D eigenvalue weighted by Crippen LogP contribution is 2.20. The minimum absolute atomic E-state index is 0.0378. The van der Waals surface area contributed by atoms with Gasteiger partial charge in [-0.15, -0.1) is 10.2 Å². The molecule has 1 heterocycles. The van der Waals surface area contributed by atoms with Gasteiger partial charge in [0.25, 0.3) is 0 Å². The molecule has 21 heavy (non-hydrogen) atoms. The molecule has 3 N–H and O–H groups in total. The van der Waals surface area contributed by atoms with E-state index in [1.54, 1.807) is 18.2 Å². The number of benzene rings is 1. The summed E-state index contributed by atoms with van der Waals surface area (Å²) in [6, 6.07) is 5.91. The van der Waals surface area contributed by atoms with Gasteiger partial charge in [-0.2, -0.15) is 0 Å². The van der Waals surface area contributed by atoms with Gasteiger partial charge in [0.05, 0.1) is 6.04 Å². The lowest BCUT2D eigenvalue weighted by Gasteiger charge is -2.13. The van der Waals surface area contributed by atoms with Crippen LogP contribution >= 0.6 is 11.3 Å². The van der Waals surface area contributed by atoms with Crippen molar-refractivity contribution in [3.63, 3.8) is 0 Å². The molecule has 2 aromatic rings. The Balaban J connectivity index is 2.02. The van der Waals surface area contributed by atoms with Crippen molar-refractivity contribution in [2.45, 2.75) is 26.3 Å². The highest BCUT2D eigenvalue weighted by Gasteiger charge is 2.19. The molecule has 0 aliphatic rings. The fourth-order valence-corrected chi connectivity index (χ4v) is 2.44. The molecule has 112 valence electrons. The van der Waals surface area contributed by atoms with Crippen molar-refractivity contribution in [1.29, 1.82) is 0 Å². The average molecular weight is 308 g/mol. The predicted molar refractivity (Wildman–Crippen MR) is 80.6 cm³/mol. The molecule has 0 saturated heterocycles. The number of carbonyl (C=O) groups is 1. The van der Waals surface area contributed by atoms with Crippen LogP contribution in [-0.4, -0.2) is 22.1 Å². The molecule has 0 radical (unpaired) electrons. The van der Waals surface area contributed by atoms with Gasteiger partial charge in [0.15, 0.2) is 0 Å². The fraction of sp³-hybridized carbons (Fsp3) is 0.357. The van der Waals surface area contributed by atoms with Crippen LogP contribution in [0.3, 0.4) is 0 Å². The van der Waals surface area contributed by atoms with Crippen molar-refractivity contribution in [3.8, 4) is 0 Å². The van der Waals surface area contributed by atoms with Gasteiger partial charge in [0, 0.05) is 6.42 Å². The summed E-state index contributed by atoms with van der Waals surface area (Å²) in [6.45, 7) is 3.74. The Kier molecular flexibility index (Phi) is 4.98. The monoisotopic (exact) mass is 308 g/mol. The summed E-state index contributed by atoms with van der Waals surface area (Å²) < 4.78 is 13.6. The Hall–Kier alpha value is -1.86. The second kappa shape index (κ2) is 6.73. The lowest BCUT2D eigenvalue weighted by molar-refractivity contribution is -0.118. The van der Waals surface area contributed by atoms with Gasteiger partial charge in [-0.1, -0.05) is 43.4 Å². The van der Waals surface area contributed by atoms with Crippen molar-refractivity contribution < 1.29 is 9.18 Å². The third kappa shape index (κ3) is 4.05. The second-order valence-electron chi connectivity index (χ2n) is 5.03. The largest absolute Gasteiger partial charge is 0.320 e. The summed E-state index contributed by atoms with van der Waals surface area (Å²) in [7, 11) is 0. The minimum atomic E-state index is -0.594. The van der Waals surface area contributed by atoms with Gasteiger partial charge in [0.1, 0.15) is 10.8 Å². The Morgan fingerprint density at radius 1 is 1.38 bits per heavy atom. The number of nitrogens with two attached hydrogens (primary N) is 1. The molecule has 1 aromatic heterocycles. The van der Waals surface area contributed by atoms with Crippen molar-refractivity contribution in [2.24, 2.45) is 11.7 Å². The van der Waals surface area contributed by atoms with E-state index < -0.39 is 6.04 Å². The van der Waals surface area contributed by atoms with Gasteiger partial charge in [-0.25, -0.2) is 4.39 Å². The SMILES string of the molecule is CC(C)[C@H](N)C(=O)Nc1nnc(Cc2ccccc2F)s1. The normalized spacial score (nSPS) is 12.4. The van der Waals surface area contributed by atoms with Crippen LogP contribution in [0.1, 0.15) is 24.4 Å². The van der Waals surface area contributed by atoms with E-state index in [9.17, 15) is 9.18 Å². The van der Waals surface area contributed by atoms with E-state index in [2.05, 4.69) is 15.5 Å². The summed E-state index contributed by atoms with van der Waals surface area (Å²) in [4.78, 5) is 11.8. The number of rotatable bonds is 5. The van der Waals surface area contributed by atoms with Crippen molar-refractivity contribution in [3.05, 3.63) is 40.7 Å². The number of hydrogen-bond acceptors (Lipinski definition) is 5. The van der Waals surface area contributed by atoms with E-state index in [0.29, 0.717) is 22.1 Å². The van der Waals surface area contributed by atoms with E-state index in [1.165, 1.54) is 17.4 Å². The molecule has 2 rings (SSSR count). The molecule has 0 saturated carbocycles. The maximum atomic E-state index is 13.6. The summed E-state index contributed by atoms with van der Waals surface area (Å²) in [5, 5.41) is 11.5. The van der Waals surface area contributed by atoms with Gasteiger partial charge in [0.2, 0.25) is 11.0 Å². The number of aromatic nitrogens is 2. The minimum Gasteiger partial charge on any atom is -0.320 e. The first kappa shape index (κ1) is 15.5. The van der Waals surface area contributed by atoms with Crippen molar-refractivity contribution in [2.75, 3.05) is 5.32 Å². The number of carbonyl (C=O) groups excluding carboxylic acids is 1. The Morgan fingerprint density at radius 3 is 2.76 bits per heavy atom. The van der Waals surface area contributed by atoms with E-state index in [0.717, 1.165) is 0 Å². The van der Waals surface area contributed by atoms with Gasteiger partial charge >= 0.3 is 0 Å². The zero-order valence-corrected chi connectivity index (χ0v) is 12.7. The molecule has 1 atom stereocenters. The van der Waals surface area contributed by atoms with Crippen LogP contribution < -0.4 is 11.1 Å². The molecule has 0 unspecified atom stereocenters. The van der Waals surface area contributed by atoms with Crippen LogP contribution in [0.15, 0.2) is 24.3 Å². The molecule has 1 amide bonds. The van der Waals surface area contributed by atoms with E-state index in [4.69, 9.17) is 5.73 Å². The maximum Gasteiger partial charge on any atom is 0.243 e. The first-order chi connectivity index (χ1) is 9.97. The smallest absolute Gasteiger partial charge is 0.243 e. The fourth-order valence-electron chi connectivity index (χ4n) is 1.67. The third-order valence-electron chi connectivity index (χ3n) is 3.02. The first-order valence-electron chi connectivity index (χ1n) is 6.59. The molecule has 5 nitrogen and oxygen atoms in total. The quantitative estimate of drug-likeness (QED) is 0.887. The predicted octanol–water partition coefficient (Wildman–Crippen LogP) is 2.19. The van der Waals surface area contributed by atoms with Gasteiger partial charge in [-0.05, 0) is 17.5 Å². The summed E-state index contributed by atoms with van der Waals surface area (Å²) in [5.41, 5.74) is 6.30. The third-order valence-corrected chi connectivity index (χ3v) is 3.86. The van der Waals surface area contributed by atoms with Gasteiger partial charge < -0.3 is 5.73 Å². The Bertz CT molecular complexity index is 629. The van der Waals surface area contributed by atoms with Crippen LogP contribution in [0.4, 0.5) is 9.52 Å². The lowest BCUT2D eigenvalue weighted by atomic mass is 10.1. The Morgan fingerprint density at radius 2 is 2.10 bits per heavy atom. The molecule has 0 bridgehead atoms. The number of halogens is 1. The molecular formula is C14H17FN4OS. The Labute approximate surface area is 126 Å². The second-order valence-corrected chi connectivity index (χ2v) is 6.09. The van der Waals surface area contributed by atoms with Crippen molar-refractivity contribution >= 4 is 22.4 Å². The zero-order chi connectivity index (χ0) is 15.4. The van der Waals surface area contributed by atoms with E-state index >= 15 is 0 Å². The zero-order valence-electron chi connectivity index (χ0n) is 11.8. The molecule has 0 fully saturated rings. The van der Waals surface area contributed by atoms with Crippen molar-refractivity contribution in [1.82, 2.24) is 10.2 Å². The van der Waals surface area contributed by atoms with E-state index in [1.807, 2.05) is 13.8 Å². The highest BCUT2D eigenvalue weighted by molar-refractivity contribution is 7.15. The summed E-state index contributed by atoms with van der Waals surface area (Å²) in [5.74, 6) is -0.533. The number of nitrogens with one attached hydrogen (secondary N) is 1.